The monoisotopic (exact) mass is 1290 g/mol. The van der Waals surface area contributed by atoms with Crippen molar-refractivity contribution in [3.05, 3.63) is 109 Å². The number of ether oxygens (including phenoxy) is 3. The average molecular weight is 1290 g/mol. The van der Waals surface area contributed by atoms with E-state index in [4.69, 9.17) is 32.3 Å². The first kappa shape index (κ1) is 85.2. The summed E-state index contributed by atoms with van der Waals surface area (Å²) in [6.07, 6.45) is 71.5. The molecule has 0 rings (SSSR count). The smallest absolute Gasteiger partial charge is 0.463 e. The van der Waals surface area contributed by atoms with Gasteiger partial charge in [-0.2, -0.15) is 0 Å². The molecular weight excluding hydrogens is 1170 g/mol. The maximum absolute atomic E-state index is 12.9. The molecule has 89 heavy (non-hydrogen) atoms. The molecule has 0 saturated heterocycles. The van der Waals surface area contributed by atoms with E-state index in [2.05, 4.69) is 130 Å². The number of phosphoric ester groups is 2. The summed E-state index contributed by atoms with van der Waals surface area (Å²) in [6.45, 7) is 2.42. The van der Waals surface area contributed by atoms with Crippen LogP contribution in [0.25, 0.3) is 0 Å². The predicted molar refractivity (Wildman–Crippen MR) is 362 cm³/mol. The number of carbonyl (C=O) groups excluding carboxylic acids is 3. The lowest BCUT2D eigenvalue weighted by Gasteiger charge is -2.21. The van der Waals surface area contributed by atoms with Crippen molar-refractivity contribution < 1.29 is 75.8 Å². The third-order valence-electron chi connectivity index (χ3n) is 13.9. The Bertz CT molecular complexity index is 2060. The van der Waals surface area contributed by atoms with Crippen LogP contribution in [-0.2, 0) is 55.8 Å². The Morgan fingerprint density at radius 2 is 0.618 bits per heavy atom. The topological polar surface area (TPSA) is 231 Å². The molecule has 0 aliphatic carbocycles. The lowest BCUT2D eigenvalue weighted by Crippen LogP contribution is -2.30. The van der Waals surface area contributed by atoms with E-state index in [1.165, 1.54) is 44.9 Å². The van der Waals surface area contributed by atoms with Crippen LogP contribution in [-0.4, -0.2) is 95.9 Å². The third-order valence-corrected chi connectivity index (χ3v) is 15.8. The van der Waals surface area contributed by atoms with E-state index >= 15 is 0 Å². The highest BCUT2D eigenvalue weighted by Gasteiger charge is 2.29. The Labute approximate surface area is 539 Å². The summed E-state index contributed by atoms with van der Waals surface area (Å²) < 4.78 is 60.8. The van der Waals surface area contributed by atoms with Crippen LogP contribution >= 0.6 is 15.6 Å². The number of phosphoric acid groups is 2. The number of esters is 3. The molecule has 0 radical (unpaired) electrons. The van der Waals surface area contributed by atoms with Gasteiger partial charge in [-0.15, -0.1) is 0 Å². The van der Waals surface area contributed by atoms with Gasteiger partial charge in [-0.1, -0.05) is 233 Å². The highest BCUT2D eigenvalue weighted by atomic mass is 31.2. The largest absolute Gasteiger partial charge is 0.472 e. The highest BCUT2D eigenvalue weighted by Crippen LogP contribution is 2.45. The van der Waals surface area contributed by atoms with Crippen LogP contribution in [0.5, 0.6) is 0 Å². The van der Waals surface area contributed by atoms with Crippen molar-refractivity contribution in [1.29, 1.82) is 0 Å². The van der Waals surface area contributed by atoms with Gasteiger partial charge in [-0.3, -0.25) is 32.5 Å². The van der Waals surface area contributed by atoms with Gasteiger partial charge >= 0.3 is 33.6 Å². The quantitative estimate of drug-likeness (QED) is 0.0146. The molecule has 0 spiro atoms. The number of aliphatic hydroxyl groups is 2. The molecule has 0 heterocycles. The summed E-state index contributed by atoms with van der Waals surface area (Å²) in [6, 6.07) is 0. The fourth-order valence-corrected chi connectivity index (χ4v) is 10.3. The van der Waals surface area contributed by atoms with Gasteiger partial charge in [0.2, 0.25) is 0 Å². The molecule has 0 amide bonds. The van der Waals surface area contributed by atoms with Gasteiger partial charge in [-0.25, -0.2) is 9.13 Å². The molecule has 5 atom stereocenters. The van der Waals surface area contributed by atoms with Crippen LogP contribution in [0.2, 0.25) is 0 Å². The van der Waals surface area contributed by atoms with E-state index in [0.29, 0.717) is 19.3 Å². The maximum atomic E-state index is 12.9. The Morgan fingerprint density at radius 3 is 1.00 bits per heavy atom. The lowest BCUT2D eigenvalue weighted by molar-refractivity contribution is -0.161. The molecule has 0 fully saturated rings. The van der Waals surface area contributed by atoms with E-state index in [1.54, 1.807) is 0 Å². The molecule has 5 unspecified atom stereocenters. The molecule has 0 aromatic heterocycles. The SMILES string of the molecule is CC/C=C\C/C=C\C/C=C\C/C=C\C/C=C\C/C=C\CCCCCCCCCCC(=O)OCC(O)COP(=O)(O)OCC(O)COP(=O)(O)OCC(COC(=O)CCCCCCC/C=C\C/C=C\CCC)OC(=O)CCCCCCC/C=C\CCCCCC. The maximum Gasteiger partial charge on any atom is 0.472 e. The number of rotatable bonds is 64. The van der Waals surface area contributed by atoms with E-state index < -0.39 is 91.5 Å². The summed E-state index contributed by atoms with van der Waals surface area (Å²) in [4.78, 5) is 58.3. The van der Waals surface area contributed by atoms with Crippen LogP contribution in [0.3, 0.4) is 0 Å². The first-order chi connectivity index (χ1) is 43.2. The zero-order valence-corrected chi connectivity index (χ0v) is 57.1. The van der Waals surface area contributed by atoms with Crippen molar-refractivity contribution in [2.75, 3.05) is 39.6 Å². The molecule has 0 aromatic rings. The Balaban J connectivity index is 4.50. The number of carbonyl (C=O) groups is 3. The zero-order valence-electron chi connectivity index (χ0n) is 55.3. The van der Waals surface area contributed by atoms with Crippen molar-refractivity contribution >= 4 is 33.6 Å². The van der Waals surface area contributed by atoms with Crippen molar-refractivity contribution in [2.45, 2.75) is 283 Å². The van der Waals surface area contributed by atoms with Crippen molar-refractivity contribution in [1.82, 2.24) is 0 Å². The van der Waals surface area contributed by atoms with Gasteiger partial charge in [0.25, 0.3) is 0 Å². The molecule has 512 valence electrons. The van der Waals surface area contributed by atoms with Crippen LogP contribution in [0.15, 0.2) is 109 Å². The molecule has 0 aromatic carbocycles. The Kier molecular flexibility index (Phi) is 61.6. The summed E-state index contributed by atoms with van der Waals surface area (Å²) >= 11 is 0. The second-order valence-electron chi connectivity index (χ2n) is 22.6. The standard InChI is InChI=1S/C71H122O16P2/c1-4-7-10-13-16-19-22-25-26-27-28-29-30-31-32-33-34-35-36-37-38-41-43-45-48-51-54-57-69(74)81-60-66(72)61-83-88(77,78)84-62-67(73)63-85-89(79,80)86-65-68(87-71(76)59-56-53-50-47-44-40-24-21-18-15-12-9-6-3)64-82-70(75)58-55-52-49-46-42-39-23-20-17-14-11-8-5-2/h7,10-11,14,16,19-21,23-26,28-29,31-32,34-35,66-68,72-73H,4-6,8-9,12-13,15,17-18,22,27,30,33,36-65H2,1-3H3,(H,77,78)(H,79,80)/b10-7-,14-11-,19-16-,23-20-,24-21-,26-25-,29-28-,32-31-,35-34-. The molecule has 16 nitrogen and oxygen atoms in total. The normalized spacial score (nSPS) is 14.9. The fraction of sp³-hybridized carbons (Fsp3) is 0.704. The molecular formula is C71H122O16P2. The van der Waals surface area contributed by atoms with Crippen molar-refractivity contribution in [2.24, 2.45) is 0 Å². The van der Waals surface area contributed by atoms with Crippen molar-refractivity contribution in [3.8, 4) is 0 Å². The number of hydrogen-bond donors (Lipinski definition) is 4. The lowest BCUT2D eigenvalue weighted by atomic mass is 10.1. The summed E-state index contributed by atoms with van der Waals surface area (Å²) in [5, 5.41) is 20.5. The Morgan fingerprint density at radius 1 is 0.326 bits per heavy atom. The zero-order chi connectivity index (χ0) is 65.3. The second kappa shape index (κ2) is 64.3. The van der Waals surface area contributed by atoms with Crippen molar-refractivity contribution in [3.63, 3.8) is 0 Å². The minimum atomic E-state index is -4.92. The number of unbranched alkanes of at least 4 members (excludes halogenated alkanes) is 23. The number of allylic oxidation sites excluding steroid dienone is 18. The molecule has 4 N–H and O–H groups in total. The summed E-state index contributed by atoms with van der Waals surface area (Å²) in [7, 11) is -9.78. The average Bonchev–Trinajstić information content (AvgIpc) is 3.55. The minimum Gasteiger partial charge on any atom is -0.463 e. The Hall–Kier alpha value is -3.79. The molecule has 0 aliphatic heterocycles. The van der Waals surface area contributed by atoms with Gasteiger partial charge in [0.1, 0.15) is 25.4 Å². The van der Waals surface area contributed by atoms with E-state index in [0.717, 1.165) is 161 Å². The summed E-state index contributed by atoms with van der Waals surface area (Å²) in [5.41, 5.74) is 0. The third kappa shape index (κ3) is 65.5. The van der Waals surface area contributed by atoms with Crippen LogP contribution in [0, 0.1) is 0 Å². The first-order valence-electron chi connectivity index (χ1n) is 34.2. The predicted octanol–water partition coefficient (Wildman–Crippen LogP) is 18.9. The van der Waals surface area contributed by atoms with Crippen LogP contribution in [0.4, 0.5) is 0 Å². The second-order valence-corrected chi connectivity index (χ2v) is 25.5. The number of hydrogen-bond acceptors (Lipinski definition) is 14. The van der Waals surface area contributed by atoms with Crippen LogP contribution in [0.1, 0.15) is 265 Å². The first-order valence-corrected chi connectivity index (χ1v) is 37.2. The molecule has 0 aliphatic rings. The van der Waals surface area contributed by atoms with Gasteiger partial charge in [-0.05, 0) is 122 Å². The van der Waals surface area contributed by atoms with Gasteiger partial charge in [0.15, 0.2) is 6.10 Å². The van der Waals surface area contributed by atoms with Gasteiger partial charge < -0.3 is 34.2 Å². The molecule has 0 saturated carbocycles. The van der Waals surface area contributed by atoms with Crippen LogP contribution < -0.4 is 0 Å². The minimum absolute atomic E-state index is 0.0908. The van der Waals surface area contributed by atoms with Gasteiger partial charge in [0.05, 0.1) is 26.4 Å². The molecule has 18 heteroatoms. The van der Waals surface area contributed by atoms with E-state index in [9.17, 15) is 43.5 Å². The van der Waals surface area contributed by atoms with E-state index in [1.807, 2.05) is 0 Å². The number of aliphatic hydroxyl groups excluding tert-OH is 2. The molecule has 0 bridgehead atoms. The van der Waals surface area contributed by atoms with Gasteiger partial charge in [0, 0.05) is 19.3 Å². The fourth-order valence-electron chi connectivity index (χ4n) is 8.72. The van der Waals surface area contributed by atoms with E-state index in [-0.39, 0.29) is 19.3 Å². The highest BCUT2D eigenvalue weighted by molar-refractivity contribution is 7.47. The summed E-state index contributed by atoms with van der Waals surface area (Å²) in [5.74, 6) is -1.61.